The molecule has 21 heavy (non-hydrogen) atoms. The van der Waals surface area contributed by atoms with Crippen LogP contribution in [0.4, 0.5) is 5.69 Å². The molecule has 0 saturated heterocycles. The second-order valence-electron chi connectivity index (χ2n) is 4.98. The SMILES string of the molecule is CCC(CCNc1cc(Cl)ccc1C(N)=O)CCC(=O)O. The first-order valence-corrected chi connectivity index (χ1v) is 7.36. The molecule has 1 aromatic carbocycles. The van der Waals surface area contributed by atoms with E-state index in [1.165, 1.54) is 0 Å². The van der Waals surface area contributed by atoms with Gasteiger partial charge in [0, 0.05) is 23.7 Å². The van der Waals surface area contributed by atoms with Gasteiger partial charge in [-0.2, -0.15) is 0 Å². The van der Waals surface area contributed by atoms with Gasteiger partial charge in [-0.3, -0.25) is 9.59 Å². The molecule has 0 fully saturated rings. The van der Waals surface area contributed by atoms with Gasteiger partial charge in [0.15, 0.2) is 0 Å². The summed E-state index contributed by atoms with van der Waals surface area (Å²) in [5.74, 6) is -0.941. The molecule has 1 atom stereocenters. The molecule has 0 spiro atoms. The van der Waals surface area contributed by atoms with Crippen LogP contribution < -0.4 is 11.1 Å². The van der Waals surface area contributed by atoms with Crippen molar-refractivity contribution in [1.82, 2.24) is 0 Å². The Bertz CT molecular complexity index is 506. The molecule has 1 unspecified atom stereocenters. The van der Waals surface area contributed by atoms with Gasteiger partial charge in [-0.05, 0) is 37.0 Å². The van der Waals surface area contributed by atoms with E-state index in [1.807, 2.05) is 6.92 Å². The number of carboxylic acid groups (broad SMARTS) is 1. The van der Waals surface area contributed by atoms with Crippen molar-refractivity contribution < 1.29 is 14.7 Å². The number of carbonyl (C=O) groups is 2. The van der Waals surface area contributed by atoms with Gasteiger partial charge < -0.3 is 16.2 Å². The molecule has 0 aliphatic carbocycles. The van der Waals surface area contributed by atoms with Gasteiger partial charge in [-0.25, -0.2) is 0 Å². The van der Waals surface area contributed by atoms with Crippen molar-refractivity contribution in [3.8, 4) is 0 Å². The third-order valence-corrected chi connectivity index (χ3v) is 3.69. The monoisotopic (exact) mass is 312 g/mol. The molecule has 0 heterocycles. The second kappa shape index (κ2) is 8.52. The molecule has 0 radical (unpaired) electrons. The molecule has 0 saturated carbocycles. The number of benzene rings is 1. The van der Waals surface area contributed by atoms with Crippen molar-refractivity contribution >= 4 is 29.2 Å². The minimum Gasteiger partial charge on any atom is -0.481 e. The van der Waals surface area contributed by atoms with Gasteiger partial charge in [-0.1, -0.05) is 24.9 Å². The van der Waals surface area contributed by atoms with Gasteiger partial charge in [0.05, 0.1) is 5.56 Å². The molecular formula is C15H21ClN2O3. The fourth-order valence-electron chi connectivity index (χ4n) is 2.17. The molecule has 0 aromatic heterocycles. The van der Waals surface area contributed by atoms with Crippen molar-refractivity contribution in [1.29, 1.82) is 0 Å². The Labute approximate surface area is 129 Å². The average Bonchev–Trinajstić information content (AvgIpc) is 2.42. The van der Waals surface area contributed by atoms with Crippen LogP contribution in [0.1, 0.15) is 43.0 Å². The Kier molecular flexibility index (Phi) is 7.02. The van der Waals surface area contributed by atoms with E-state index in [2.05, 4.69) is 5.32 Å². The van der Waals surface area contributed by atoms with E-state index in [9.17, 15) is 9.59 Å². The topological polar surface area (TPSA) is 92.4 Å². The number of amides is 1. The molecule has 1 rings (SSSR count). The molecule has 0 aliphatic heterocycles. The lowest BCUT2D eigenvalue weighted by Gasteiger charge is -2.16. The van der Waals surface area contributed by atoms with Gasteiger partial charge in [0.25, 0.3) is 5.91 Å². The first-order valence-electron chi connectivity index (χ1n) is 6.99. The van der Waals surface area contributed by atoms with Crippen LogP contribution in [0.2, 0.25) is 5.02 Å². The molecular weight excluding hydrogens is 292 g/mol. The van der Waals surface area contributed by atoms with E-state index < -0.39 is 11.9 Å². The summed E-state index contributed by atoms with van der Waals surface area (Å²) in [5, 5.41) is 12.4. The van der Waals surface area contributed by atoms with Crippen molar-refractivity contribution in [3.05, 3.63) is 28.8 Å². The molecule has 0 bridgehead atoms. The largest absolute Gasteiger partial charge is 0.481 e. The number of carboxylic acids is 1. The molecule has 5 nitrogen and oxygen atoms in total. The lowest BCUT2D eigenvalue weighted by molar-refractivity contribution is -0.137. The van der Waals surface area contributed by atoms with Crippen molar-refractivity contribution in [2.45, 2.75) is 32.6 Å². The number of halogens is 1. The van der Waals surface area contributed by atoms with Crippen LogP contribution in [0.15, 0.2) is 18.2 Å². The number of primary amides is 1. The van der Waals surface area contributed by atoms with E-state index in [-0.39, 0.29) is 6.42 Å². The van der Waals surface area contributed by atoms with Crippen LogP contribution in [0.25, 0.3) is 0 Å². The molecule has 6 heteroatoms. The van der Waals surface area contributed by atoms with Crippen molar-refractivity contribution in [2.75, 3.05) is 11.9 Å². The normalized spacial score (nSPS) is 11.9. The highest BCUT2D eigenvalue weighted by molar-refractivity contribution is 6.31. The average molecular weight is 313 g/mol. The van der Waals surface area contributed by atoms with E-state index >= 15 is 0 Å². The molecule has 0 aliphatic rings. The van der Waals surface area contributed by atoms with Crippen LogP contribution in [-0.4, -0.2) is 23.5 Å². The summed E-state index contributed by atoms with van der Waals surface area (Å²) in [6.07, 6.45) is 2.59. The van der Waals surface area contributed by atoms with Gasteiger partial charge in [0.2, 0.25) is 0 Å². The lowest BCUT2D eigenvalue weighted by atomic mass is 9.96. The van der Waals surface area contributed by atoms with Crippen molar-refractivity contribution in [2.24, 2.45) is 11.7 Å². The van der Waals surface area contributed by atoms with Gasteiger partial charge in [0.1, 0.15) is 0 Å². The molecule has 4 N–H and O–H groups in total. The van der Waals surface area contributed by atoms with Crippen LogP contribution in [0.5, 0.6) is 0 Å². The lowest BCUT2D eigenvalue weighted by Crippen LogP contribution is -2.16. The summed E-state index contributed by atoms with van der Waals surface area (Å²) < 4.78 is 0. The first kappa shape index (κ1) is 17.3. The van der Waals surface area contributed by atoms with E-state index in [0.29, 0.717) is 35.2 Å². The number of nitrogens with two attached hydrogens (primary N) is 1. The summed E-state index contributed by atoms with van der Waals surface area (Å²) in [6, 6.07) is 4.88. The minimum absolute atomic E-state index is 0.183. The summed E-state index contributed by atoms with van der Waals surface area (Å²) in [6.45, 7) is 2.68. The highest BCUT2D eigenvalue weighted by Gasteiger charge is 2.11. The van der Waals surface area contributed by atoms with Crippen LogP contribution in [-0.2, 0) is 4.79 Å². The van der Waals surface area contributed by atoms with Crippen LogP contribution >= 0.6 is 11.6 Å². The predicted molar refractivity (Wildman–Crippen MR) is 83.7 cm³/mol. The summed E-state index contributed by atoms with van der Waals surface area (Å²) in [5.41, 5.74) is 6.33. The zero-order valence-corrected chi connectivity index (χ0v) is 12.8. The smallest absolute Gasteiger partial charge is 0.303 e. The highest BCUT2D eigenvalue weighted by atomic mass is 35.5. The maximum Gasteiger partial charge on any atom is 0.303 e. The molecule has 1 aromatic rings. The third-order valence-electron chi connectivity index (χ3n) is 3.46. The summed E-state index contributed by atoms with van der Waals surface area (Å²) in [7, 11) is 0. The number of nitrogens with one attached hydrogen (secondary N) is 1. The Balaban J connectivity index is 2.56. The van der Waals surface area contributed by atoms with Crippen molar-refractivity contribution in [3.63, 3.8) is 0 Å². The van der Waals surface area contributed by atoms with Crippen LogP contribution in [0, 0.1) is 5.92 Å². The Morgan fingerprint density at radius 2 is 2.10 bits per heavy atom. The number of rotatable bonds is 9. The third kappa shape index (κ3) is 6.04. The van der Waals surface area contributed by atoms with E-state index in [4.69, 9.17) is 22.4 Å². The number of anilines is 1. The predicted octanol–water partition coefficient (Wildman–Crippen LogP) is 3.13. The summed E-state index contributed by atoms with van der Waals surface area (Å²) >= 11 is 5.92. The summed E-state index contributed by atoms with van der Waals surface area (Å²) in [4.78, 5) is 21.9. The number of aliphatic carboxylic acids is 1. The quantitative estimate of drug-likeness (QED) is 0.653. The fraction of sp³-hybridized carbons (Fsp3) is 0.467. The number of hydrogen-bond donors (Lipinski definition) is 3. The maximum atomic E-state index is 11.3. The second-order valence-corrected chi connectivity index (χ2v) is 5.41. The maximum absolute atomic E-state index is 11.3. The zero-order valence-electron chi connectivity index (χ0n) is 12.1. The zero-order chi connectivity index (χ0) is 15.8. The van der Waals surface area contributed by atoms with Crippen LogP contribution in [0.3, 0.4) is 0 Å². The Hall–Kier alpha value is -1.75. The Morgan fingerprint density at radius 1 is 1.38 bits per heavy atom. The highest BCUT2D eigenvalue weighted by Crippen LogP contribution is 2.22. The van der Waals surface area contributed by atoms with Gasteiger partial charge in [-0.15, -0.1) is 0 Å². The van der Waals surface area contributed by atoms with Gasteiger partial charge >= 0.3 is 5.97 Å². The van der Waals surface area contributed by atoms with E-state index in [0.717, 1.165) is 12.8 Å². The number of carbonyl (C=O) groups excluding carboxylic acids is 1. The molecule has 116 valence electrons. The molecule has 1 amide bonds. The first-order chi connectivity index (χ1) is 9.93. The minimum atomic E-state index is -0.771. The fourth-order valence-corrected chi connectivity index (χ4v) is 2.34. The van der Waals surface area contributed by atoms with E-state index in [1.54, 1.807) is 18.2 Å². The Morgan fingerprint density at radius 3 is 2.67 bits per heavy atom. The standard InChI is InChI=1S/C15H21ClN2O3/c1-2-10(3-6-14(19)20)7-8-18-13-9-11(16)4-5-12(13)15(17)21/h4-5,9-10,18H,2-3,6-8H2,1H3,(H2,17,21)(H,19,20). The number of hydrogen-bond acceptors (Lipinski definition) is 3.